The molecule has 29 heavy (non-hydrogen) atoms. The van der Waals surface area contributed by atoms with E-state index in [9.17, 15) is 9.59 Å². The number of ether oxygens (including phenoxy) is 1. The number of methoxy groups -OCH3 is 1. The van der Waals surface area contributed by atoms with Crippen molar-refractivity contribution in [3.8, 4) is 5.88 Å². The Bertz CT molecular complexity index is 815. The summed E-state index contributed by atoms with van der Waals surface area (Å²) in [6, 6.07) is 9.62. The van der Waals surface area contributed by atoms with Gasteiger partial charge in [0.15, 0.2) is 0 Å². The number of aryl methyl sites for hydroxylation is 1. The highest BCUT2D eigenvalue weighted by atomic mass is 16.5. The number of amides is 3. The molecule has 0 saturated carbocycles. The highest BCUT2D eigenvalue weighted by Gasteiger charge is 2.25. The summed E-state index contributed by atoms with van der Waals surface area (Å²) in [4.78, 5) is 28.7. The Morgan fingerprint density at radius 2 is 1.83 bits per heavy atom. The molecule has 1 aromatic heterocycles. The Kier molecular flexibility index (Phi) is 7.07. The summed E-state index contributed by atoms with van der Waals surface area (Å²) in [6.07, 6.45) is 1.69. The van der Waals surface area contributed by atoms with E-state index < -0.39 is 0 Å². The van der Waals surface area contributed by atoms with Crippen LogP contribution in [0.1, 0.15) is 15.9 Å². The van der Waals surface area contributed by atoms with E-state index in [1.54, 1.807) is 17.9 Å². The number of carbonyl (C=O) groups is 2. The zero-order valence-electron chi connectivity index (χ0n) is 16.9. The molecule has 1 fully saturated rings. The van der Waals surface area contributed by atoms with Crippen LogP contribution in [0, 0.1) is 0 Å². The molecule has 2 N–H and O–H groups in total. The second kappa shape index (κ2) is 9.92. The average Bonchev–Trinajstić information content (AvgIpc) is 3.14. The normalized spacial score (nSPS) is 14.5. The third kappa shape index (κ3) is 5.71. The van der Waals surface area contributed by atoms with Crippen molar-refractivity contribution in [2.45, 2.75) is 6.54 Å². The number of rotatable bonds is 7. The second-order valence-electron chi connectivity index (χ2n) is 6.95. The maximum atomic E-state index is 12.7. The molecule has 156 valence electrons. The average molecular weight is 400 g/mol. The Balaban J connectivity index is 1.35. The molecular formula is C20H28N6O3. The Hall–Kier alpha value is -3.07. The van der Waals surface area contributed by atoms with Gasteiger partial charge in [-0.05, 0) is 5.56 Å². The fourth-order valence-corrected chi connectivity index (χ4v) is 3.28. The number of urea groups is 1. The molecule has 2 aromatic rings. The van der Waals surface area contributed by atoms with Crippen molar-refractivity contribution in [3.63, 3.8) is 0 Å². The summed E-state index contributed by atoms with van der Waals surface area (Å²) in [5.74, 6) is 0.290. The monoisotopic (exact) mass is 400 g/mol. The molecule has 1 aliphatic rings. The maximum absolute atomic E-state index is 12.7. The van der Waals surface area contributed by atoms with Gasteiger partial charge >= 0.3 is 6.03 Å². The van der Waals surface area contributed by atoms with E-state index in [1.807, 2.05) is 35.2 Å². The van der Waals surface area contributed by atoms with Crippen LogP contribution >= 0.6 is 0 Å². The van der Waals surface area contributed by atoms with Crippen LogP contribution in [0.5, 0.6) is 5.88 Å². The number of hydrogen-bond acceptors (Lipinski definition) is 5. The highest BCUT2D eigenvalue weighted by Crippen LogP contribution is 2.18. The first-order valence-corrected chi connectivity index (χ1v) is 9.71. The van der Waals surface area contributed by atoms with Crippen LogP contribution in [-0.4, -0.2) is 77.9 Å². The molecule has 0 spiro atoms. The van der Waals surface area contributed by atoms with Crippen molar-refractivity contribution in [2.75, 3.05) is 46.4 Å². The molecule has 0 atom stereocenters. The van der Waals surface area contributed by atoms with E-state index in [1.165, 1.54) is 7.11 Å². The van der Waals surface area contributed by atoms with Crippen LogP contribution in [0.2, 0.25) is 0 Å². The van der Waals surface area contributed by atoms with E-state index >= 15 is 0 Å². The van der Waals surface area contributed by atoms with Gasteiger partial charge in [-0.1, -0.05) is 30.3 Å². The molecule has 1 saturated heterocycles. The van der Waals surface area contributed by atoms with Gasteiger partial charge in [0, 0.05) is 59.1 Å². The van der Waals surface area contributed by atoms with E-state index in [0.717, 1.165) is 25.2 Å². The third-order valence-corrected chi connectivity index (χ3v) is 4.89. The predicted octanol–water partition coefficient (Wildman–Crippen LogP) is 0.686. The molecule has 0 radical (unpaired) electrons. The minimum absolute atomic E-state index is 0.0620. The molecule has 0 aliphatic carbocycles. The van der Waals surface area contributed by atoms with Gasteiger partial charge in [0.25, 0.3) is 5.91 Å². The Morgan fingerprint density at radius 3 is 2.52 bits per heavy atom. The fraction of sp³-hybridized carbons (Fsp3) is 0.450. The van der Waals surface area contributed by atoms with Gasteiger partial charge in [-0.25, -0.2) is 4.79 Å². The Labute approximate surface area is 170 Å². The maximum Gasteiger partial charge on any atom is 0.315 e. The minimum atomic E-state index is -0.175. The topological polar surface area (TPSA) is 91.7 Å². The molecule has 0 unspecified atom stereocenters. The van der Waals surface area contributed by atoms with Crippen LogP contribution in [0.15, 0.2) is 36.5 Å². The van der Waals surface area contributed by atoms with E-state index in [0.29, 0.717) is 37.6 Å². The molecule has 3 rings (SSSR count). The summed E-state index contributed by atoms with van der Waals surface area (Å²) >= 11 is 0. The lowest BCUT2D eigenvalue weighted by Crippen LogP contribution is -2.50. The van der Waals surface area contributed by atoms with Crippen LogP contribution in [-0.2, 0) is 13.6 Å². The van der Waals surface area contributed by atoms with Crippen molar-refractivity contribution in [1.82, 2.24) is 30.2 Å². The molecule has 9 nitrogen and oxygen atoms in total. The molecule has 2 heterocycles. The molecule has 0 bridgehead atoms. The van der Waals surface area contributed by atoms with Crippen molar-refractivity contribution in [1.29, 1.82) is 0 Å². The van der Waals surface area contributed by atoms with Gasteiger partial charge in [-0.15, -0.1) is 5.10 Å². The first-order valence-electron chi connectivity index (χ1n) is 9.71. The summed E-state index contributed by atoms with van der Waals surface area (Å²) in [6.45, 7) is 4.62. The van der Waals surface area contributed by atoms with Crippen molar-refractivity contribution in [2.24, 2.45) is 7.05 Å². The molecule has 1 aromatic carbocycles. The standard InChI is InChI=1S/C20H28N6O3/c1-24-15-17(18(23-24)29-2)19(27)26-12-10-25(11-13-26)9-8-21-20(28)22-14-16-6-4-3-5-7-16/h3-7,15H,8-14H2,1-2H3,(H2,21,22,28). The highest BCUT2D eigenvalue weighted by molar-refractivity contribution is 5.96. The first kappa shape index (κ1) is 20.7. The summed E-state index contributed by atoms with van der Waals surface area (Å²) in [7, 11) is 3.28. The van der Waals surface area contributed by atoms with Crippen LogP contribution in [0.3, 0.4) is 0 Å². The molecule has 9 heteroatoms. The first-order chi connectivity index (χ1) is 14.1. The summed E-state index contributed by atoms with van der Waals surface area (Å²) in [5.41, 5.74) is 1.55. The Morgan fingerprint density at radius 1 is 1.10 bits per heavy atom. The second-order valence-corrected chi connectivity index (χ2v) is 6.95. The zero-order chi connectivity index (χ0) is 20.6. The minimum Gasteiger partial charge on any atom is -0.479 e. The number of carbonyl (C=O) groups excluding carboxylic acids is 2. The van der Waals surface area contributed by atoms with Gasteiger partial charge in [0.1, 0.15) is 5.56 Å². The summed E-state index contributed by atoms with van der Waals surface area (Å²) in [5, 5.41) is 9.87. The van der Waals surface area contributed by atoms with Crippen molar-refractivity contribution >= 4 is 11.9 Å². The van der Waals surface area contributed by atoms with Crippen LogP contribution in [0.4, 0.5) is 4.79 Å². The number of piperazine rings is 1. The zero-order valence-corrected chi connectivity index (χ0v) is 16.9. The lowest BCUT2D eigenvalue weighted by molar-refractivity contribution is 0.0636. The molecular weight excluding hydrogens is 372 g/mol. The van der Waals surface area contributed by atoms with Crippen LogP contribution in [0.25, 0.3) is 0 Å². The summed E-state index contributed by atoms with van der Waals surface area (Å²) < 4.78 is 6.77. The smallest absolute Gasteiger partial charge is 0.315 e. The van der Waals surface area contributed by atoms with E-state index in [4.69, 9.17) is 4.74 Å². The largest absolute Gasteiger partial charge is 0.479 e. The lowest BCUT2D eigenvalue weighted by atomic mass is 10.2. The van der Waals surface area contributed by atoms with E-state index in [2.05, 4.69) is 20.6 Å². The third-order valence-electron chi connectivity index (χ3n) is 4.89. The number of hydrogen-bond donors (Lipinski definition) is 2. The van der Waals surface area contributed by atoms with E-state index in [-0.39, 0.29) is 11.9 Å². The quantitative estimate of drug-likeness (QED) is 0.713. The molecule has 1 aliphatic heterocycles. The fourth-order valence-electron chi connectivity index (χ4n) is 3.28. The number of nitrogens with one attached hydrogen (secondary N) is 2. The lowest BCUT2D eigenvalue weighted by Gasteiger charge is -2.34. The molecule has 3 amide bonds. The number of benzene rings is 1. The number of aromatic nitrogens is 2. The van der Waals surface area contributed by atoms with Gasteiger partial charge in [-0.3, -0.25) is 14.4 Å². The SMILES string of the molecule is COc1nn(C)cc1C(=O)N1CCN(CCNC(=O)NCc2ccccc2)CC1. The van der Waals surface area contributed by atoms with Crippen molar-refractivity contribution in [3.05, 3.63) is 47.7 Å². The number of nitrogens with zero attached hydrogens (tertiary/aromatic N) is 4. The van der Waals surface area contributed by atoms with Gasteiger partial charge in [-0.2, -0.15) is 0 Å². The van der Waals surface area contributed by atoms with Crippen molar-refractivity contribution < 1.29 is 14.3 Å². The van der Waals surface area contributed by atoms with Gasteiger partial charge < -0.3 is 20.3 Å². The van der Waals surface area contributed by atoms with Crippen LogP contribution < -0.4 is 15.4 Å². The predicted molar refractivity (Wildman–Crippen MR) is 109 cm³/mol. The van der Waals surface area contributed by atoms with Gasteiger partial charge in [0.2, 0.25) is 5.88 Å². The van der Waals surface area contributed by atoms with Gasteiger partial charge in [0.05, 0.1) is 7.11 Å².